The highest BCUT2D eigenvalue weighted by Crippen LogP contribution is 2.16. The zero-order chi connectivity index (χ0) is 13.7. The molecular weight excluding hydrogens is 242 g/mol. The quantitative estimate of drug-likeness (QED) is 0.894. The SMILES string of the molecule is COc1cccc(COc2ccc(C(N)=O)cc2)c1. The van der Waals surface area contributed by atoms with E-state index >= 15 is 0 Å². The van der Waals surface area contributed by atoms with Gasteiger partial charge in [0, 0.05) is 5.56 Å². The number of primary amides is 1. The summed E-state index contributed by atoms with van der Waals surface area (Å²) >= 11 is 0. The third-order valence-corrected chi connectivity index (χ3v) is 2.68. The molecule has 98 valence electrons. The zero-order valence-corrected chi connectivity index (χ0v) is 10.6. The maximum absolute atomic E-state index is 10.9. The number of nitrogens with two attached hydrogens (primary N) is 1. The number of rotatable bonds is 5. The summed E-state index contributed by atoms with van der Waals surface area (Å²) in [4.78, 5) is 10.9. The summed E-state index contributed by atoms with van der Waals surface area (Å²) in [6.07, 6.45) is 0. The van der Waals surface area contributed by atoms with Gasteiger partial charge in [0.15, 0.2) is 0 Å². The van der Waals surface area contributed by atoms with Gasteiger partial charge >= 0.3 is 0 Å². The minimum atomic E-state index is -0.445. The molecule has 0 radical (unpaired) electrons. The molecule has 4 nitrogen and oxygen atoms in total. The maximum Gasteiger partial charge on any atom is 0.248 e. The molecule has 0 aliphatic rings. The molecule has 4 heteroatoms. The van der Waals surface area contributed by atoms with Gasteiger partial charge < -0.3 is 15.2 Å². The Morgan fingerprint density at radius 3 is 2.47 bits per heavy atom. The first-order valence-electron chi connectivity index (χ1n) is 5.84. The van der Waals surface area contributed by atoms with E-state index in [-0.39, 0.29) is 0 Å². The highest BCUT2D eigenvalue weighted by atomic mass is 16.5. The maximum atomic E-state index is 10.9. The molecule has 2 aromatic rings. The molecule has 2 N–H and O–H groups in total. The van der Waals surface area contributed by atoms with Gasteiger partial charge in [-0.15, -0.1) is 0 Å². The first kappa shape index (κ1) is 13.0. The van der Waals surface area contributed by atoms with Crippen LogP contribution in [0.25, 0.3) is 0 Å². The van der Waals surface area contributed by atoms with E-state index < -0.39 is 5.91 Å². The second-order valence-electron chi connectivity index (χ2n) is 4.03. The summed E-state index contributed by atoms with van der Waals surface area (Å²) < 4.78 is 10.8. The van der Waals surface area contributed by atoms with Crippen molar-refractivity contribution < 1.29 is 14.3 Å². The number of ether oxygens (including phenoxy) is 2. The Kier molecular flexibility index (Phi) is 4.03. The van der Waals surface area contributed by atoms with Gasteiger partial charge in [-0.05, 0) is 42.0 Å². The number of methoxy groups -OCH3 is 1. The van der Waals surface area contributed by atoms with Crippen LogP contribution >= 0.6 is 0 Å². The van der Waals surface area contributed by atoms with Crippen LogP contribution < -0.4 is 15.2 Å². The first-order valence-corrected chi connectivity index (χ1v) is 5.84. The monoisotopic (exact) mass is 257 g/mol. The molecule has 0 saturated heterocycles. The molecule has 0 aromatic heterocycles. The smallest absolute Gasteiger partial charge is 0.248 e. The van der Waals surface area contributed by atoms with E-state index in [2.05, 4.69) is 0 Å². The summed E-state index contributed by atoms with van der Waals surface area (Å²) in [5.74, 6) is 1.04. The van der Waals surface area contributed by atoms with Crippen molar-refractivity contribution in [2.45, 2.75) is 6.61 Å². The molecule has 0 bridgehead atoms. The summed E-state index contributed by atoms with van der Waals surface area (Å²) in [5, 5.41) is 0. The largest absolute Gasteiger partial charge is 0.497 e. The molecule has 2 rings (SSSR count). The average Bonchev–Trinajstić information content (AvgIpc) is 2.46. The second-order valence-corrected chi connectivity index (χ2v) is 4.03. The van der Waals surface area contributed by atoms with Gasteiger partial charge in [0.1, 0.15) is 18.1 Å². The average molecular weight is 257 g/mol. The Morgan fingerprint density at radius 1 is 1.11 bits per heavy atom. The van der Waals surface area contributed by atoms with E-state index in [1.807, 2.05) is 24.3 Å². The predicted octanol–water partition coefficient (Wildman–Crippen LogP) is 2.37. The lowest BCUT2D eigenvalue weighted by molar-refractivity contribution is 0.100. The van der Waals surface area contributed by atoms with E-state index in [4.69, 9.17) is 15.2 Å². The number of carbonyl (C=O) groups is 1. The van der Waals surface area contributed by atoms with Crippen molar-refractivity contribution in [1.29, 1.82) is 0 Å². The van der Waals surface area contributed by atoms with Crippen LogP contribution in [0.2, 0.25) is 0 Å². The van der Waals surface area contributed by atoms with Gasteiger partial charge in [-0.25, -0.2) is 0 Å². The minimum Gasteiger partial charge on any atom is -0.497 e. The van der Waals surface area contributed by atoms with E-state index in [1.165, 1.54) is 0 Å². The molecule has 2 aromatic carbocycles. The van der Waals surface area contributed by atoms with Crippen molar-refractivity contribution in [3.05, 3.63) is 59.7 Å². The number of carbonyl (C=O) groups excluding carboxylic acids is 1. The lowest BCUT2D eigenvalue weighted by Gasteiger charge is -2.08. The third-order valence-electron chi connectivity index (χ3n) is 2.68. The Balaban J connectivity index is 1.99. The van der Waals surface area contributed by atoms with Crippen molar-refractivity contribution >= 4 is 5.91 Å². The van der Waals surface area contributed by atoms with Crippen LogP contribution in [0.15, 0.2) is 48.5 Å². The molecule has 0 atom stereocenters. The van der Waals surface area contributed by atoms with Crippen LogP contribution in [-0.2, 0) is 6.61 Å². The van der Waals surface area contributed by atoms with Crippen LogP contribution in [0.4, 0.5) is 0 Å². The Morgan fingerprint density at radius 2 is 1.84 bits per heavy atom. The van der Waals surface area contributed by atoms with Crippen molar-refractivity contribution in [3.63, 3.8) is 0 Å². The van der Waals surface area contributed by atoms with E-state index in [1.54, 1.807) is 31.4 Å². The first-order chi connectivity index (χ1) is 9.19. The number of hydrogen-bond donors (Lipinski definition) is 1. The van der Waals surface area contributed by atoms with Gasteiger partial charge in [-0.2, -0.15) is 0 Å². The second kappa shape index (κ2) is 5.91. The molecule has 0 saturated carbocycles. The van der Waals surface area contributed by atoms with Gasteiger partial charge in [0.2, 0.25) is 5.91 Å². The molecule has 0 spiro atoms. The highest BCUT2D eigenvalue weighted by Gasteiger charge is 2.01. The molecule has 19 heavy (non-hydrogen) atoms. The van der Waals surface area contributed by atoms with Crippen molar-refractivity contribution in [1.82, 2.24) is 0 Å². The Bertz CT molecular complexity index is 564. The molecule has 0 heterocycles. The fourth-order valence-electron chi connectivity index (χ4n) is 1.64. The van der Waals surface area contributed by atoms with Crippen LogP contribution in [0.3, 0.4) is 0 Å². The summed E-state index contributed by atoms with van der Waals surface area (Å²) in [7, 11) is 1.63. The lowest BCUT2D eigenvalue weighted by Crippen LogP contribution is -2.10. The summed E-state index contributed by atoms with van der Waals surface area (Å²) in [5.41, 5.74) is 6.65. The molecule has 0 fully saturated rings. The topological polar surface area (TPSA) is 61.6 Å². The van der Waals surface area contributed by atoms with E-state index in [0.29, 0.717) is 17.9 Å². The standard InChI is InChI=1S/C15H15NO3/c1-18-14-4-2-3-11(9-14)10-19-13-7-5-12(6-8-13)15(16)17/h2-9H,10H2,1H3,(H2,16,17). The molecule has 0 aliphatic carbocycles. The number of hydrogen-bond acceptors (Lipinski definition) is 3. The summed E-state index contributed by atoms with van der Waals surface area (Å²) in [6, 6.07) is 14.4. The van der Waals surface area contributed by atoms with Crippen LogP contribution in [0.1, 0.15) is 15.9 Å². The number of benzene rings is 2. The fourth-order valence-corrected chi connectivity index (χ4v) is 1.64. The van der Waals surface area contributed by atoms with Crippen LogP contribution in [0, 0.1) is 0 Å². The normalized spacial score (nSPS) is 9.95. The lowest BCUT2D eigenvalue weighted by atomic mass is 10.2. The third kappa shape index (κ3) is 3.48. The predicted molar refractivity (Wildman–Crippen MR) is 72.3 cm³/mol. The van der Waals surface area contributed by atoms with E-state index in [9.17, 15) is 4.79 Å². The summed E-state index contributed by atoms with van der Waals surface area (Å²) in [6.45, 7) is 0.438. The number of amides is 1. The highest BCUT2D eigenvalue weighted by molar-refractivity contribution is 5.92. The van der Waals surface area contributed by atoms with Crippen LogP contribution in [0.5, 0.6) is 11.5 Å². The zero-order valence-electron chi connectivity index (χ0n) is 10.6. The Hall–Kier alpha value is -2.49. The van der Waals surface area contributed by atoms with Crippen molar-refractivity contribution in [2.24, 2.45) is 5.73 Å². The van der Waals surface area contributed by atoms with Crippen molar-refractivity contribution in [2.75, 3.05) is 7.11 Å². The minimum absolute atomic E-state index is 0.438. The van der Waals surface area contributed by atoms with Gasteiger partial charge in [0.25, 0.3) is 0 Å². The van der Waals surface area contributed by atoms with Gasteiger partial charge in [0.05, 0.1) is 7.11 Å². The Labute approximate surface area is 111 Å². The molecule has 0 aliphatic heterocycles. The van der Waals surface area contributed by atoms with Crippen molar-refractivity contribution in [3.8, 4) is 11.5 Å². The molecular formula is C15H15NO3. The van der Waals surface area contributed by atoms with E-state index in [0.717, 1.165) is 11.3 Å². The fraction of sp³-hybridized carbons (Fsp3) is 0.133. The molecule has 1 amide bonds. The van der Waals surface area contributed by atoms with Gasteiger partial charge in [-0.1, -0.05) is 12.1 Å². The van der Waals surface area contributed by atoms with Crippen LogP contribution in [-0.4, -0.2) is 13.0 Å². The van der Waals surface area contributed by atoms with Gasteiger partial charge in [-0.3, -0.25) is 4.79 Å². The molecule has 0 unspecified atom stereocenters.